The molecule has 0 aliphatic heterocycles. The lowest BCUT2D eigenvalue weighted by molar-refractivity contribution is 0.628. The number of hydrogen-bond donors (Lipinski definition) is 1. The molecule has 0 radical (unpaired) electrons. The van der Waals surface area contributed by atoms with Gasteiger partial charge in [-0.25, -0.2) is 14.4 Å². The van der Waals surface area contributed by atoms with Crippen molar-refractivity contribution in [1.29, 1.82) is 0 Å². The van der Waals surface area contributed by atoms with Crippen LogP contribution in [0.5, 0.6) is 0 Å². The van der Waals surface area contributed by atoms with Gasteiger partial charge in [0.1, 0.15) is 5.82 Å². The molecule has 2 rings (SSSR count). The van der Waals surface area contributed by atoms with Crippen LogP contribution in [0.15, 0.2) is 36.7 Å². The lowest BCUT2D eigenvalue weighted by atomic mass is 10.2. The first-order valence-electron chi connectivity index (χ1n) is 6.07. The van der Waals surface area contributed by atoms with Crippen molar-refractivity contribution in [2.45, 2.75) is 19.9 Å². The van der Waals surface area contributed by atoms with Crippen LogP contribution >= 0.6 is 0 Å². The second kappa shape index (κ2) is 6.21. The van der Waals surface area contributed by atoms with Crippen molar-refractivity contribution < 1.29 is 4.39 Å². The molecule has 18 heavy (non-hydrogen) atoms. The molecular formula is C14H16FN3. The molecule has 0 saturated carbocycles. The van der Waals surface area contributed by atoms with Crippen LogP contribution in [0.2, 0.25) is 0 Å². The lowest BCUT2D eigenvalue weighted by Crippen LogP contribution is -2.14. The van der Waals surface area contributed by atoms with Crippen molar-refractivity contribution in [3.05, 3.63) is 48.0 Å². The van der Waals surface area contributed by atoms with Gasteiger partial charge in [-0.05, 0) is 37.2 Å². The molecule has 0 amide bonds. The lowest BCUT2D eigenvalue weighted by Gasteiger charge is -2.04. The minimum absolute atomic E-state index is 0.251. The zero-order valence-electron chi connectivity index (χ0n) is 10.4. The first-order valence-corrected chi connectivity index (χ1v) is 6.07. The zero-order valence-corrected chi connectivity index (χ0v) is 10.4. The third kappa shape index (κ3) is 3.34. The van der Waals surface area contributed by atoms with Crippen LogP contribution in [-0.2, 0) is 6.54 Å². The maximum Gasteiger partial charge on any atom is 0.159 e. The molecule has 0 aliphatic carbocycles. The number of halogens is 1. The zero-order chi connectivity index (χ0) is 12.8. The monoisotopic (exact) mass is 245 g/mol. The molecule has 0 bridgehead atoms. The largest absolute Gasteiger partial charge is 0.313 e. The summed E-state index contributed by atoms with van der Waals surface area (Å²) in [6, 6.07) is 6.18. The fourth-order valence-electron chi connectivity index (χ4n) is 1.60. The molecule has 4 heteroatoms. The van der Waals surface area contributed by atoms with Gasteiger partial charge in [-0.2, -0.15) is 0 Å². The summed E-state index contributed by atoms with van der Waals surface area (Å²) in [6.45, 7) is 3.89. The Morgan fingerprint density at radius 3 is 2.39 bits per heavy atom. The standard InChI is InChI=1S/C14H16FN3/c1-2-7-16-8-11-9-17-14(18-10-11)12-3-5-13(15)6-4-12/h3-6,9-10,16H,2,7-8H2,1H3. The van der Waals surface area contributed by atoms with Gasteiger partial charge in [0, 0.05) is 30.1 Å². The summed E-state index contributed by atoms with van der Waals surface area (Å²) in [5.74, 6) is 0.369. The molecule has 0 saturated heterocycles. The van der Waals surface area contributed by atoms with Gasteiger partial charge in [-0.3, -0.25) is 0 Å². The smallest absolute Gasteiger partial charge is 0.159 e. The Morgan fingerprint density at radius 1 is 1.11 bits per heavy atom. The van der Waals surface area contributed by atoms with E-state index in [1.165, 1.54) is 12.1 Å². The van der Waals surface area contributed by atoms with Gasteiger partial charge in [0.2, 0.25) is 0 Å². The predicted molar refractivity (Wildman–Crippen MR) is 69.4 cm³/mol. The highest BCUT2D eigenvalue weighted by atomic mass is 19.1. The summed E-state index contributed by atoms with van der Waals surface area (Å²) in [4.78, 5) is 8.57. The van der Waals surface area contributed by atoms with Crippen LogP contribution in [0.4, 0.5) is 4.39 Å². The maximum absolute atomic E-state index is 12.8. The Labute approximate surface area is 106 Å². The van der Waals surface area contributed by atoms with Crippen molar-refractivity contribution >= 4 is 0 Å². The van der Waals surface area contributed by atoms with E-state index in [1.54, 1.807) is 24.5 Å². The van der Waals surface area contributed by atoms with Gasteiger partial charge in [-0.15, -0.1) is 0 Å². The van der Waals surface area contributed by atoms with E-state index >= 15 is 0 Å². The Balaban J connectivity index is 2.05. The molecule has 0 fully saturated rings. The molecule has 0 spiro atoms. The molecule has 0 aliphatic rings. The van der Waals surface area contributed by atoms with E-state index in [0.717, 1.165) is 30.6 Å². The molecule has 94 valence electrons. The van der Waals surface area contributed by atoms with E-state index in [2.05, 4.69) is 22.2 Å². The van der Waals surface area contributed by atoms with Crippen LogP contribution < -0.4 is 5.32 Å². The van der Waals surface area contributed by atoms with E-state index in [9.17, 15) is 4.39 Å². The first kappa shape index (κ1) is 12.6. The van der Waals surface area contributed by atoms with Crippen molar-refractivity contribution in [3.63, 3.8) is 0 Å². The Kier molecular flexibility index (Phi) is 4.36. The van der Waals surface area contributed by atoms with Crippen LogP contribution in [0.25, 0.3) is 11.4 Å². The van der Waals surface area contributed by atoms with Crippen molar-refractivity contribution in [2.75, 3.05) is 6.54 Å². The molecule has 2 aromatic rings. The van der Waals surface area contributed by atoms with Gasteiger partial charge in [0.25, 0.3) is 0 Å². The van der Waals surface area contributed by atoms with E-state index in [1.807, 2.05) is 0 Å². The second-order valence-corrected chi connectivity index (χ2v) is 4.10. The van der Waals surface area contributed by atoms with E-state index in [0.29, 0.717) is 5.82 Å². The number of rotatable bonds is 5. The van der Waals surface area contributed by atoms with Crippen molar-refractivity contribution in [1.82, 2.24) is 15.3 Å². The Hall–Kier alpha value is -1.81. The van der Waals surface area contributed by atoms with Crippen LogP contribution in [0, 0.1) is 5.82 Å². The van der Waals surface area contributed by atoms with Gasteiger partial charge < -0.3 is 5.32 Å². The van der Waals surface area contributed by atoms with Crippen molar-refractivity contribution in [3.8, 4) is 11.4 Å². The van der Waals surface area contributed by atoms with E-state index in [4.69, 9.17) is 0 Å². The number of hydrogen-bond acceptors (Lipinski definition) is 3. The summed E-state index contributed by atoms with van der Waals surface area (Å²) in [6.07, 6.45) is 4.71. The Bertz CT molecular complexity index is 479. The summed E-state index contributed by atoms with van der Waals surface area (Å²) in [5, 5.41) is 3.29. The third-order valence-electron chi connectivity index (χ3n) is 2.56. The quantitative estimate of drug-likeness (QED) is 0.823. The molecule has 1 heterocycles. The fourth-order valence-corrected chi connectivity index (χ4v) is 1.60. The second-order valence-electron chi connectivity index (χ2n) is 4.10. The van der Waals surface area contributed by atoms with Crippen molar-refractivity contribution in [2.24, 2.45) is 0 Å². The van der Waals surface area contributed by atoms with Gasteiger partial charge >= 0.3 is 0 Å². The highest BCUT2D eigenvalue weighted by Gasteiger charge is 2.01. The van der Waals surface area contributed by atoms with Crippen LogP contribution in [-0.4, -0.2) is 16.5 Å². The number of nitrogens with zero attached hydrogens (tertiary/aromatic N) is 2. The number of aromatic nitrogens is 2. The third-order valence-corrected chi connectivity index (χ3v) is 2.56. The summed E-state index contributed by atoms with van der Waals surface area (Å²) in [7, 11) is 0. The number of nitrogens with one attached hydrogen (secondary N) is 1. The first-order chi connectivity index (χ1) is 8.79. The molecule has 3 nitrogen and oxygen atoms in total. The van der Waals surface area contributed by atoms with Crippen LogP contribution in [0.1, 0.15) is 18.9 Å². The molecule has 1 aromatic carbocycles. The molecule has 0 atom stereocenters. The molecule has 1 aromatic heterocycles. The highest BCUT2D eigenvalue weighted by molar-refractivity contribution is 5.54. The summed E-state index contributed by atoms with van der Waals surface area (Å²) in [5.41, 5.74) is 1.87. The Morgan fingerprint density at radius 2 is 1.78 bits per heavy atom. The molecule has 0 unspecified atom stereocenters. The minimum atomic E-state index is -0.251. The molecular weight excluding hydrogens is 229 g/mol. The minimum Gasteiger partial charge on any atom is -0.313 e. The van der Waals surface area contributed by atoms with Gasteiger partial charge in [0.05, 0.1) is 0 Å². The van der Waals surface area contributed by atoms with E-state index < -0.39 is 0 Å². The topological polar surface area (TPSA) is 37.8 Å². The highest BCUT2D eigenvalue weighted by Crippen LogP contribution is 2.14. The normalized spacial score (nSPS) is 10.6. The maximum atomic E-state index is 12.8. The van der Waals surface area contributed by atoms with Gasteiger partial charge in [0.15, 0.2) is 5.82 Å². The SMILES string of the molecule is CCCNCc1cnc(-c2ccc(F)cc2)nc1. The summed E-state index contributed by atoms with van der Waals surface area (Å²) < 4.78 is 12.8. The summed E-state index contributed by atoms with van der Waals surface area (Å²) >= 11 is 0. The van der Waals surface area contributed by atoms with Crippen LogP contribution in [0.3, 0.4) is 0 Å². The molecule has 1 N–H and O–H groups in total. The fraction of sp³-hybridized carbons (Fsp3) is 0.286. The van der Waals surface area contributed by atoms with Gasteiger partial charge in [-0.1, -0.05) is 6.92 Å². The average Bonchev–Trinajstić information content (AvgIpc) is 2.41. The predicted octanol–water partition coefficient (Wildman–Crippen LogP) is 2.78. The van der Waals surface area contributed by atoms with E-state index in [-0.39, 0.29) is 5.82 Å². The average molecular weight is 245 g/mol. The number of benzene rings is 1.